The highest BCUT2D eigenvalue weighted by Gasteiger charge is 2.14. The maximum Gasteiger partial charge on any atom is 0.272 e. The van der Waals surface area contributed by atoms with Crippen LogP contribution in [0.5, 0.6) is 0 Å². The molecule has 0 aromatic heterocycles. The standard InChI is InChI=1S/C25H22N2O2/c1-19-15-17-22(18-16-19)26-25(29)23(14-8-11-20-9-4-2-5-10-20)27-24(28)21-12-6-3-7-13-21/h2-18H,1H3,(H,26,29)(H,27,28). The summed E-state index contributed by atoms with van der Waals surface area (Å²) in [6.07, 6.45) is 5.20. The van der Waals surface area contributed by atoms with Gasteiger partial charge in [-0.1, -0.05) is 78.4 Å². The number of hydrogen-bond donors (Lipinski definition) is 2. The van der Waals surface area contributed by atoms with Crippen molar-refractivity contribution in [3.8, 4) is 0 Å². The van der Waals surface area contributed by atoms with Crippen molar-refractivity contribution in [3.63, 3.8) is 0 Å². The molecule has 3 aromatic rings. The van der Waals surface area contributed by atoms with Crippen molar-refractivity contribution < 1.29 is 9.59 Å². The molecule has 0 heterocycles. The number of rotatable bonds is 6. The molecule has 0 saturated heterocycles. The highest BCUT2D eigenvalue weighted by Crippen LogP contribution is 2.11. The van der Waals surface area contributed by atoms with Gasteiger partial charge in [0.25, 0.3) is 11.8 Å². The van der Waals surface area contributed by atoms with Gasteiger partial charge < -0.3 is 10.6 Å². The van der Waals surface area contributed by atoms with Crippen LogP contribution in [0.1, 0.15) is 21.5 Å². The van der Waals surface area contributed by atoms with Crippen LogP contribution >= 0.6 is 0 Å². The molecule has 0 aliphatic carbocycles. The van der Waals surface area contributed by atoms with E-state index in [2.05, 4.69) is 10.6 Å². The molecule has 0 saturated carbocycles. The van der Waals surface area contributed by atoms with Gasteiger partial charge in [0.15, 0.2) is 0 Å². The van der Waals surface area contributed by atoms with E-state index in [4.69, 9.17) is 0 Å². The zero-order valence-corrected chi connectivity index (χ0v) is 16.1. The van der Waals surface area contributed by atoms with Crippen LogP contribution in [-0.4, -0.2) is 11.8 Å². The molecule has 2 amide bonds. The van der Waals surface area contributed by atoms with Gasteiger partial charge in [0.2, 0.25) is 0 Å². The Labute approximate surface area is 170 Å². The van der Waals surface area contributed by atoms with Crippen LogP contribution in [0.15, 0.2) is 103 Å². The van der Waals surface area contributed by atoms with Crippen LogP contribution in [0.25, 0.3) is 6.08 Å². The first-order valence-electron chi connectivity index (χ1n) is 9.29. The van der Waals surface area contributed by atoms with Gasteiger partial charge in [-0.15, -0.1) is 0 Å². The summed E-state index contributed by atoms with van der Waals surface area (Å²) in [4.78, 5) is 25.3. The van der Waals surface area contributed by atoms with Gasteiger partial charge in [0.1, 0.15) is 5.70 Å². The van der Waals surface area contributed by atoms with E-state index in [1.165, 1.54) is 0 Å². The molecule has 2 N–H and O–H groups in total. The lowest BCUT2D eigenvalue weighted by Crippen LogP contribution is -2.30. The maximum absolute atomic E-state index is 12.8. The number of hydrogen-bond acceptors (Lipinski definition) is 2. The van der Waals surface area contributed by atoms with Gasteiger partial charge in [-0.05, 0) is 42.8 Å². The predicted molar refractivity (Wildman–Crippen MR) is 117 cm³/mol. The highest BCUT2D eigenvalue weighted by molar-refractivity contribution is 6.08. The number of carbonyl (C=O) groups excluding carboxylic acids is 2. The summed E-state index contributed by atoms with van der Waals surface area (Å²) < 4.78 is 0. The monoisotopic (exact) mass is 382 g/mol. The van der Waals surface area contributed by atoms with Crippen LogP contribution in [0.4, 0.5) is 5.69 Å². The van der Waals surface area contributed by atoms with Crippen molar-refractivity contribution in [3.05, 3.63) is 119 Å². The first-order chi connectivity index (χ1) is 14.1. The largest absolute Gasteiger partial charge is 0.321 e. The molecule has 3 rings (SSSR count). The fourth-order valence-corrected chi connectivity index (χ4v) is 2.61. The van der Waals surface area contributed by atoms with Crippen molar-refractivity contribution in [1.82, 2.24) is 5.32 Å². The molecule has 0 unspecified atom stereocenters. The molecule has 144 valence electrons. The smallest absolute Gasteiger partial charge is 0.272 e. The summed E-state index contributed by atoms with van der Waals surface area (Å²) in [6, 6.07) is 26.0. The van der Waals surface area contributed by atoms with Crippen molar-refractivity contribution >= 4 is 23.6 Å². The predicted octanol–water partition coefficient (Wildman–Crippen LogP) is 4.96. The maximum atomic E-state index is 12.8. The quantitative estimate of drug-likeness (QED) is 0.468. The molecule has 0 aliphatic heterocycles. The molecule has 0 spiro atoms. The van der Waals surface area contributed by atoms with E-state index >= 15 is 0 Å². The number of allylic oxidation sites excluding steroid dienone is 2. The van der Waals surface area contributed by atoms with E-state index in [0.29, 0.717) is 11.3 Å². The van der Waals surface area contributed by atoms with Gasteiger partial charge in [0.05, 0.1) is 0 Å². The molecule has 0 radical (unpaired) electrons. The minimum atomic E-state index is -0.393. The SMILES string of the molecule is Cc1ccc(NC(=O)C(=CC=Cc2ccccc2)NC(=O)c2ccccc2)cc1. The Morgan fingerprint density at radius 1 is 0.793 bits per heavy atom. The van der Waals surface area contributed by atoms with E-state index in [1.807, 2.05) is 73.7 Å². The van der Waals surface area contributed by atoms with Gasteiger partial charge in [-0.2, -0.15) is 0 Å². The van der Waals surface area contributed by atoms with Crippen LogP contribution in [0.3, 0.4) is 0 Å². The summed E-state index contributed by atoms with van der Waals surface area (Å²) >= 11 is 0. The number of nitrogens with one attached hydrogen (secondary N) is 2. The molecule has 4 heteroatoms. The molecule has 0 fully saturated rings. The van der Waals surface area contributed by atoms with Gasteiger partial charge in [-0.25, -0.2) is 0 Å². The van der Waals surface area contributed by atoms with Crippen molar-refractivity contribution in [1.29, 1.82) is 0 Å². The Hall–Kier alpha value is -3.92. The van der Waals surface area contributed by atoms with Gasteiger partial charge in [0, 0.05) is 11.3 Å². The fraction of sp³-hybridized carbons (Fsp3) is 0.0400. The van der Waals surface area contributed by atoms with E-state index in [-0.39, 0.29) is 11.6 Å². The van der Waals surface area contributed by atoms with Crippen molar-refractivity contribution in [2.24, 2.45) is 0 Å². The average molecular weight is 382 g/mol. The third kappa shape index (κ3) is 6.04. The number of anilines is 1. The van der Waals surface area contributed by atoms with E-state index < -0.39 is 5.91 Å². The zero-order chi connectivity index (χ0) is 20.5. The topological polar surface area (TPSA) is 58.2 Å². The number of benzene rings is 3. The zero-order valence-electron chi connectivity index (χ0n) is 16.1. The second kappa shape index (κ2) is 9.85. The van der Waals surface area contributed by atoms with Crippen LogP contribution in [-0.2, 0) is 4.79 Å². The second-order valence-corrected chi connectivity index (χ2v) is 6.49. The molecule has 3 aromatic carbocycles. The molecular weight excluding hydrogens is 360 g/mol. The van der Waals surface area contributed by atoms with Crippen molar-refractivity contribution in [2.75, 3.05) is 5.32 Å². The lowest BCUT2D eigenvalue weighted by atomic mass is 10.2. The van der Waals surface area contributed by atoms with Crippen molar-refractivity contribution in [2.45, 2.75) is 6.92 Å². The molecule has 4 nitrogen and oxygen atoms in total. The molecule has 0 atom stereocenters. The number of aryl methyl sites for hydroxylation is 1. The Balaban J connectivity index is 1.80. The first-order valence-corrected chi connectivity index (χ1v) is 9.29. The highest BCUT2D eigenvalue weighted by atomic mass is 16.2. The Kier molecular flexibility index (Phi) is 6.74. The van der Waals surface area contributed by atoms with Crippen LogP contribution in [0, 0.1) is 6.92 Å². The molecule has 0 aliphatic rings. The van der Waals surface area contributed by atoms with Gasteiger partial charge in [-0.3, -0.25) is 9.59 Å². The number of amides is 2. The second-order valence-electron chi connectivity index (χ2n) is 6.49. The van der Waals surface area contributed by atoms with E-state index in [0.717, 1.165) is 11.1 Å². The van der Waals surface area contributed by atoms with E-state index in [1.54, 1.807) is 36.4 Å². The Bertz CT molecular complexity index is 1020. The minimum Gasteiger partial charge on any atom is -0.321 e. The summed E-state index contributed by atoms with van der Waals surface area (Å²) in [5.74, 6) is -0.736. The summed E-state index contributed by atoms with van der Waals surface area (Å²) in [7, 11) is 0. The number of carbonyl (C=O) groups is 2. The normalized spacial score (nSPS) is 11.3. The Morgan fingerprint density at radius 3 is 2.07 bits per heavy atom. The summed E-state index contributed by atoms with van der Waals surface area (Å²) in [5, 5.41) is 5.53. The fourth-order valence-electron chi connectivity index (χ4n) is 2.61. The van der Waals surface area contributed by atoms with Gasteiger partial charge >= 0.3 is 0 Å². The average Bonchev–Trinajstić information content (AvgIpc) is 2.76. The third-order valence-electron chi connectivity index (χ3n) is 4.19. The third-order valence-corrected chi connectivity index (χ3v) is 4.19. The summed E-state index contributed by atoms with van der Waals surface area (Å²) in [6.45, 7) is 1.98. The lowest BCUT2D eigenvalue weighted by Gasteiger charge is -2.11. The van der Waals surface area contributed by atoms with E-state index in [9.17, 15) is 9.59 Å². The molecule has 29 heavy (non-hydrogen) atoms. The van der Waals surface area contributed by atoms with Crippen LogP contribution < -0.4 is 10.6 Å². The van der Waals surface area contributed by atoms with Crippen LogP contribution in [0.2, 0.25) is 0 Å². The molecule has 0 bridgehead atoms. The first kappa shape index (κ1) is 19.8. The molecular formula is C25H22N2O2. The minimum absolute atomic E-state index is 0.159. The lowest BCUT2D eigenvalue weighted by molar-refractivity contribution is -0.113. The summed E-state index contributed by atoms with van der Waals surface area (Å²) in [5.41, 5.74) is 3.39. The Morgan fingerprint density at radius 2 is 1.41 bits per heavy atom.